The third-order valence-corrected chi connectivity index (χ3v) is 3.48. The van der Waals surface area contributed by atoms with E-state index in [4.69, 9.17) is 4.74 Å². The lowest BCUT2D eigenvalue weighted by molar-refractivity contribution is -0.886. The molecule has 0 aliphatic carbocycles. The summed E-state index contributed by atoms with van der Waals surface area (Å²) < 4.78 is 5.28. The first kappa shape index (κ1) is 11.5. The van der Waals surface area contributed by atoms with Gasteiger partial charge in [0.15, 0.2) is 0 Å². The zero-order valence-electron chi connectivity index (χ0n) is 10.0. The molecule has 2 heteroatoms. The van der Waals surface area contributed by atoms with Gasteiger partial charge >= 0.3 is 0 Å². The zero-order valence-corrected chi connectivity index (χ0v) is 10.0. The van der Waals surface area contributed by atoms with E-state index in [0.717, 1.165) is 5.75 Å². The van der Waals surface area contributed by atoms with Crippen LogP contribution in [-0.4, -0.2) is 13.7 Å². The van der Waals surface area contributed by atoms with Crippen molar-refractivity contribution in [2.24, 2.45) is 0 Å². The quantitative estimate of drug-likeness (QED) is 0.751. The Morgan fingerprint density at radius 2 is 2.19 bits per heavy atom. The molecular weight excluding hydrogens is 198 g/mol. The molecule has 2 unspecified atom stereocenters. The highest BCUT2D eigenvalue weighted by atomic mass is 16.5. The monoisotopic (exact) mass is 219 g/mol. The molecule has 16 heavy (non-hydrogen) atoms. The van der Waals surface area contributed by atoms with Gasteiger partial charge in [-0.25, -0.2) is 0 Å². The smallest absolute Gasteiger partial charge is 0.119 e. The van der Waals surface area contributed by atoms with Gasteiger partial charge in [-0.1, -0.05) is 12.1 Å². The van der Waals surface area contributed by atoms with Crippen molar-refractivity contribution in [1.82, 2.24) is 0 Å². The minimum absolute atomic E-state index is 0.539. The minimum Gasteiger partial charge on any atom is -0.497 e. The summed E-state index contributed by atoms with van der Waals surface area (Å²) in [6.45, 7) is 1.18. The van der Waals surface area contributed by atoms with Crippen LogP contribution in [0.1, 0.15) is 37.3 Å². The van der Waals surface area contributed by atoms with Gasteiger partial charge in [0.05, 0.1) is 19.7 Å². The first-order valence-electron chi connectivity index (χ1n) is 6.13. The number of benzene rings is 1. The summed E-state index contributed by atoms with van der Waals surface area (Å²) in [5.41, 5.74) is 1.37. The van der Waals surface area contributed by atoms with Gasteiger partial charge in [0.2, 0.25) is 0 Å². The van der Waals surface area contributed by atoms with E-state index in [1.807, 2.05) is 6.07 Å². The average Bonchev–Trinajstić information content (AvgIpc) is 2.54. The van der Waals surface area contributed by atoms with Gasteiger partial charge in [0, 0.05) is 12.0 Å². The van der Waals surface area contributed by atoms with Crippen molar-refractivity contribution in [3.63, 3.8) is 0 Å². The van der Waals surface area contributed by atoms with Gasteiger partial charge in [-0.15, -0.1) is 0 Å². The highest BCUT2D eigenvalue weighted by molar-refractivity contribution is 5.29. The van der Waals surface area contributed by atoms with E-state index in [-0.39, 0.29) is 0 Å². The zero-order chi connectivity index (χ0) is 11.4. The first-order valence-corrected chi connectivity index (χ1v) is 6.13. The highest BCUT2D eigenvalue weighted by Gasteiger charge is 2.19. The number of ether oxygens (including phenoxy) is 1. The molecule has 1 aromatic carbocycles. The predicted octanol–water partition coefficient (Wildman–Crippen LogP) is 1.99. The molecule has 1 aromatic rings. The second kappa shape index (κ2) is 5.35. The molecule has 2 nitrogen and oxygen atoms in total. The van der Waals surface area contributed by atoms with E-state index in [1.54, 1.807) is 7.11 Å². The fourth-order valence-electron chi connectivity index (χ4n) is 2.52. The van der Waals surface area contributed by atoms with Crippen molar-refractivity contribution in [2.45, 2.75) is 31.7 Å². The standard InChI is InChI=1S/C14H21NO/c1-15-10-5-3-4-9-14(15)12-7-6-8-13(11-12)16-2/h6-8,11,14-15H,1,3-5,9-10H2,2H3. The minimum atomic E-state index is 0.539. The predicted molar refractivity (Wildman–Crippen MR) is 65.4 cm³/mol. The van der Waals surface area contributed by atoms with Crippen molar-refractivity contribution < 1.29 is 9.64 Å². The summed E-state index contributed by atoms with van der Waals surface area (Å²) in [5, 5.41) is 0. The van der Waals surface area contributed by atoms with Crippen LogP contribution in [0.3, 0.4) is 0 Å². The molecular formula is C14H21NO. The number of rotatable bonds is 2. The second-order valence-corrected chi connectivity index (χ2v) is 4.59. The molecule has 1 N–H and O–H groups in total. The van der Waals surface area contributed by atoms with Gasteiger partial charge in [-0.05, 0) is 31.4 Å². The lowest BCUT2D eigenvalue weighted by atomic mass is 10.0. The Balaban J connectivity index is 2.19. The molecule has 0 spiro atoms. The van der Waals surface area contributed by atoms with Crippen LogP contribution in [0.5, 0.6) is 5.75 Å². The lowest BCUT2D eigenvalue weighted by Gasteiger charge is -2.29. The first-order chi connectivity index (χ1) is 7.81. The molecule has 88 valence electrons. The van der Waals surface area contributed by atoms with Gasteiger partial charge in [-0.2, -0.15) is 7.05 Å². The number of hydrogen-bond acceptors (Lipinski definition) is 1. The van der Waals surface area contributed by atoms with Crippen LogP contribution in [0, 0.1) is 7.05 Å². The van der Waals surface area contributed by atoms with E-state index in [9.17, 15) is 0 Å². The van der Waals surface area contributed by atoms with E-state index in [1.165, 1.54) is 42.7 Å². The molecule has 1 saturated heterocycles. The van der Waals surface area contributed by atoms with Gasteiger partial charge in [0.1, 0.15) is 5.75 Å². The average molecular weight is 219 g/mol. The molecule has 1 aliphatic heterocycles. The Bertz CT molecular complexity index is 337. The molecule has 2 atom stereocenters. The fourth-order valence-corrected chi connectivity index (χ4v) is 2.52. The molecule has 1 aliphatic rings. The Labute approximate surface area is 98.2 Å². The Hall–Kier alpha value is -1.02. The van der Waals surface area contributed by atoms with Crippen LogP contribution in [0.2, 0.25) is 0 Å². The fraction of sp³-hybridized carbons (Fsp3) is 0.500. The maximum atomic E-state index is 5.28. The molecule has 1 fully saturated rings. The SMILES string of the molecule is [CH2-][NH+]1CCCCCC1c1cccc(OC)c1. The van der Waals surface area contributed by atoms with Crippen LogP contribution < -0.4 is 9.64 Å². The van der Waals surface area contributed by atoms with Crippen LogP contribution in [0.15, 0.2) is 24.3 Å². The Morgan fingerprint density at radius 1 is 1.31 bits per heavy atom. The van der Waals surface area contributed by atoms with E-state index < -0.39 is 0 Å². The maximum absolute atomic E-state index is 5.28. The second-order valence-electron chi connectivity index (χ2n) is 4.59. The normalized spacial score (nSPS) is 26.1. The van der Waals surface area contributed by atoms with Gasteiger partial charge in [-0.3, -0.25) is 0 Å². The summed E-state index contributed by atoms with van der Waals surface area (Å²) in [4.78, 5) is 1.39. The van der Waals surface area contributed by atoms with Crippen molar-refractivity contribution in [3.05, 3.63) is 36.9 Å². The van der Waals surface area contributed by atoms with E-state index in [2.05, 4.69) is 25.2 Å². The summed E-state index contributed by atoms with van der Waals surface area (Å²) in [5.74, 6) is 0.953. The van der Waals surface area contributed by atoms with Gasteiger partial charge in [0.25, 0.3) is 0 Å². The van der Waals surface area contributed by atoms with Crippen molar-refractivity contribution in [3.8, 4) is 5.75 Å². The third-order valence-electron chi connectivity index (χ3n) is 3.48. The molecule has 0 saturated carbocycles. The largest absolute Gasteiger partial charge is 0.497 e. The van der Waals surface area contributed by atoms with Crippen LogP contribution in [-0.2, 0) is 0 Å². The van der Waals surface area contributed by atoms with Crippen LogP contribution in [0.4, 0.5) is 0 Å². The number of quaternary nitrogens is 1. The molecule has 0 amide bonds. The molecule has 0 bridgehead atoms. The Morgan fingerprint density at radius 3 is 3.00 bits per heavy atom. The Kier molecular flexibility index (Phi) is 3.83. The summed E-state index contributed by atoms with van der Waals surface area (Å²) in [6.07, 6.45) is 5.21. The van der Waals surface area contributed by atoms with Crippen LogP contribution in [0.25, 0.3) is 0 Å². The summed E-state index contributed by atoms with van der Waals surface area (Å²) >= 11 is 0. The molecule has 0 radical (unpaired) electrons. The van der Waals surface area contributed by atoms with Gasteiger partial charge < -0.3 is 9.64 Å². The molecule has 2 rings (SSSR count). The number of methoxy groups -OCH3 is 1. The number of hydrogen-bond donors (Lipinski definition) is 1. The summed E-state index contributed by atoms with van der Waals surface area (Å²) in [6, 6.07) is 8.97. The van der Waals surface area contributed by atoms with Crippen molar-refractivity contribution >= 4 is 0 Å². The maximum Gasteiger partial charge on any atom is 0.119 e. The summed E-state index contributed by atoms with van der Waals surface area (Å²) in [7, 11) is 5.97. The number of likely N-dealkylation sites (tertiary alicyclic amines) is 1. The topological polar surface area (TPSA) is 13.7 Å². The lowest BCUT2D eigenvalue weighted by Crippen LogP contribution is -3.07. The van der Waals surface area contributed by atoms with E-state index in [0.29, 0.717) is 6.04 Å². The molecule has 1 heterocycles. The van der Waals surface area contributed by atoms with Crippen LogP contribution >= 0.6 is 0 Å². The number of nitrogens with one attached hydrogen (secondary N) is 1. The highest BCUT2D eigenvalue weighted by Crippen LogP contribution is 2.22. The van der Waals surface area contributed by atoms with E-state index >= 15 is 0 Å². The molecule has 0 aromatic heterocycles. The van der Waals surface area contributed by atoms with Crippen molar-refractivity contribution in [1.29, 1.82) is 0 Å². The third kappa shape index (κ3) is 2.56. The van der Waals surface area contributed by atoms with Crippen molar-refractivity contribution in [2.75, 3.05) is 13.7 Å².